The molecule has 0 aliphatic heterocycles. The number of alkyl halides is 3. The van der Waals surface area contributed by atoms with Crippen molar-refractivity contribution in [3.8, 4) is 6.07 Å². The maximum absolute atomic E-state index is 12.8. The Labute approximate surface area is 118 Å². The lowest BCUT2D eigenvalue weighted by Gasteiger charge is -2.23. The average molecular weight is 302 g/mol. The lowest BCUT2D eigenvalue weighted by atomic mass is 10.0. The minimum Gasteiger partial charge on any atom is -0.479 e. The predicted molar refractivity (Wildman–Crippen MR) is 67.5 cm³/mol. The van der Waals surface area contributed by atoms with Gasteiger partial charge in [0.2, 0.25) is 0 Å². The summed E-state index contributed by atoms with van der Waals surface area (Å²) in [7, 11) is 0. The minimum atomic E-state index is -4.70. The van der Waals surface area contributed by atoms with Gasteiger partial charge >= 0.3 is 12.1 Å². The second-order valence-electron chi connectivity index (χ2n) is 4.41. The molecule has 5 nitrogen and oxygen atoms in total. The molecule has 0 radical (unpaired) electrons. The van der Waals surface area contributed by atoms with E-state index in [-0.39, 0.29) is 12.1 Å². The van der Waals surface area contributed by atoms with E-state index < -0.39 is 35.4 Å². The largest absolute Gasteiger partial charge is 0.479 e. The molecule has 1 aromatic carbocycles. The molecule has 1 rings (SSSR count). The molecule has 0 amide bonds. The molecule has 0 aliphatic rings. The van der Waals surface area contributed by atoms with Crippen LogP contribution in [0.4, 0.5) is 18.9 Å². The van der Waals surface area contributed by atoms with Crippen molar-refractivity contribution in [3.05, 3.63) is 29.3 Å². The molecule has 0 bridgehead atoms. The first-order valence-electron chi connectivity index (χ1n) is 5.95. The summed E-state index contributed by atoms with van der Waals surface area (Å²) >= 11 is 0. The molecule has 0 saturated carbocycles. The Kier molecular flexibility index (Phi) is 4.80. The number of nitrogens with one attached hydrogen (secondary N) is 1. The van der Waals surface area contributed by atoms with E-state index in [1.165, 1.54) is 19.1 Å². The lowest BCUT2D eigenvalue weighted by molar-refractivity contribution is -0.157. The van der Waals surface area contributed by atoms with Gasteiger partial charge in [0.15, 0.2) is 5.60 Å². The third-order valence-electron chi connectivity index (χ3n) is 3.01. The van der Waals surface area contributed by atoms with Gasteiger partial charge in [-0.1, -0.05) is 6.92 Å². The number of anilines is 1. The van der Waals surface area contributed by atoms with Crippen molar-refractivity contribution in [3.63, 3.8) is 0 Å². The van der Waals surface area contributed by atoms with E-state index in [1.807, 2.05) is 0 Å². The average Bonchev–Trinajstić information content (AvgIpc) is 2.43. The van der Waals surface area contributed by atoms with E-state index in [2.05, 4.69) is 5.32 Å². The van der Waals surface area contributed by atoms with Gasteiger partial charge in [0.1, 0.15) is 0 Å². The Hall–Kier alpha value is -2.27. The maximum Gasteiger partial charge on any atom is 0.417 e. The van der Waals surface area contributed by atoms with Gasteiger partial charge in [0.05, 0.1) is 23.7 Å². The Morgan fingerprint density at radius 2 is 2.05 bits per heavy atom. The van der Waals surface area contributed by atoms with Crippen molar-refractivity contribution < 1.29 is 28.2 Å². The molecule has 3 N–H and O–H groups in total. The molecule has 0 fully saturated rings. The first-order valence-corrected chi connectivity index (χ1v) is 5.95. The number of benzene rings is 1. The molecule has 0 unspecified atom stereocenters. The van der Waals surface area contributed by atoms with Gasteiger partial charge in [-0.25, -0.2) is 4.79 Å². The van der Waals surface area contributed by atoms with Crippen LogP contribution in [0.25, 0.3) is 0 Å². The molecule has 21 heavy (non-hydrogen) atoms. The number of nitriles is 1. The summed E-state index contributed by atoms with van der Waals surface area (Å²) in [5.41, 5.74) is -3.76. The Morgan fingerprint density at radius 3 is 2.48 bits per heavy atom. The van der Waals surface area contributed by atoms with Crippen LogP contribution in [-0.2, 0) is 11.0 Å². The van der Waals surface area contributed by atoms with Crippen LogP contribution in [0.5, 0.6) is 0 Å². The first-order chi connectivity index (χ1) is 9.64. The number of rotatable bonds is 5. The van der Waals surface area contributed by atoms with Crippen LogP contribution in [-0.4, -0.2) is 28.3 Å². The SMILES string of the molecule is CC[C@](O)(CNc1ccc(C#N)c(C(F)(F)F)c1)C(=O)O. The van der Waals surface area contributed by atoms with Gasteiger partial charge < -0.3 is 15.5 Å². The van der Waals surface area contributed by atoms with Crippen molar-refractivity contribution in [2.24, 2.45) is 0 Å². The highest BCUT2D eigenvalue weighted by Gasteiger charge is 2.35. The number of carboxylic acids is 1. The van der Waals surface area contributed by atoms with Gasteiger partial charge in [-0.05, 0) is 24.6 Å². The summed E-state index contributed by atoms with van der Waals surface area (Å²) in [4.78, 5) is 10.9. The van der Waals surface area contributed by atoms with Crippen molar-refractivity contribution in [2.75, 3.05) is 11.9 Å². The van der Waals surface area contributed by atoms with Crippen molar-refractivity contribution in [1.82, 2.24) is 0 Å². The van der Waals surface area contributed by atoms with Crippen LogP contribution in [0.3, 0.4) is 0 Å². The standard InChI is InChI=1S/C13H13F3N2O3/c1-2-12(21,11(19)20)7-18-9-4-3-8(6-17)10(5-9)13(14,15)16/h3-5,18,21H,2,7H2,1H3,(H,19,20)/t12-/m0/s1. The van der Waals surface area contributed by atoms with E-state index in [1.54, 1.807) is 0 Å². The molecule has 8 heteroatoms. The summed E-state index contributed by atoms with van der Waals surface area (Å²) in [5, 5.41) is 29.7. The third kappa shape index (κ3) is 3.86. The summed E-state index contributed by atoms with van der Waals surface area (Å²) in [5.74, 6) is -1.47. The van der Waals surface area contributed by atoms with Crippen LogP contribution in [0.15, 0.2) is 18.2 Å². The van der Waals surface area contributed by atoms with Gasteiger partial charge in [-0.3, -0.25) is 0 Å². The Morgan fingerprint density at radius 1 is 1.43 bits per heavy atom. The van der Waals surface area contributed by atoms with Crippen LogP contribution in [0.1, 0.15) is 24.5 Å². The lowest BCUT2D eigenvalue weighted by Crippen LogP contribution is -2.44. The van der Waals surface area contributed by atoms with Gasteiger partial charge in [0.25, 0.3) is 0 Å². The van der Waals surface area contributed by atoms with Crippen molar-refractivity contribution >= 4 is 11.7 Å². The van der Waals surface area contributed by atoms with E-state index in [0.717, 1.165) is 6.07 Å². The van der Waals surface area contributed by atoms with E-state index in [0.29, 0.717) is 6.07 Å². The fourth-order valence-electron chi connectivity index (χ4n) is 1.59. The highest BCUT2D eigenvalue weighted by molar-refractivity contribution is 5.78. The number of hydrogen-bond acceptors (Lipinski definition) is 4. The molecule has 1 atom stereocenters. The molecular formula is C13H13F3N2O3. The third-order valence-corrected chi connectivity index (χ3v) is 3.01. The van der Waals surface area contributed by atoms with Crippen LogP contribution >= 0.6 is 0 Å². The predicted octanol–water partition coefficient (Wildman–Crippen LogP) is 2.21. The number of hydrogen-bond donors (Lipinski definition) is 3. The van der Waals surface area contributed by atoms with Crippen molar-refractivity contribution in [2.45, 2.75) is 25.1 Å². The van der Waals surface area contributed by atoms with E-state index in [9.17, 15) is 23.1 Å². The number of halogens is 3. The van der Waals surface area contributed by atoms with Gasteiger partial charge in [-0.15, -0.1) is 0 Å². The van der Waals surface area contributed by atoms with E-state index >= 15 is 0 Å². The summed E-state index contributed by atoms with van der Waals surface area (Å²) in [6.45, 7) is 0.984. The second-order valence-corrected chi connectivity index (χ2v) is 4.41. The molecule has 0 aromatic heterocycles. The molecule has 0 heterocycles. The number of nitrogens with zero attached hydrogens (tertiary/aromatic N) is 1. The monoisotopic (exact) mass is 302 g/mol. The van der Waals surface area contributed by atoms with Crippen LogP contribution in [0.2, 0.25) is 0 Å². The summed E-state index contributed by atoms with van der Waals surface area (Å²) in [6.07, 6.45) is -4.81. The van der Waals surface area contributed by atoms with Gasteiger partial charge in [-0.2, -0.15) is 18.4 Å². The molecule has 0 saturated heterocycles. The molecule has 1 aromatic rings. The molecular weight excluding hydrogens is 289 g/mol. The first kappa shape index (κ1) is 16.8. The zero-order valence-corrected chi connectivity index (χ0v) is 11.0. The summed E-state index contributed by atoms with van der Waals surface area (Å²) in [6, 6.07) is 4.34. The molecule has 0 spiro atoms. The van der Waals surface area contributed by atoms with Crippen LogP contribution < -0.4 is 5.32 Å². The highest BCUT2D eigenvalue weighted by atomic mass is 19.4. The second kappa shape index (κ2) is 6.01. The molecule has 114 valence electrons. The Balaban J connectivity index is 3.02. The number of aliphatic carboxylic acids is 1. The molecule has 0 aliphatic carbocycles. The van der Waals surface area contributed by atoms with E-state index in [4.69, 9.17) is 10.4 Å². The highest BCUT2D eigenvalue weighted by Crippen LogP contribution is 2.33. The zero-order chi connectivity index (χ0) is 16.3. The fourth-order valence-corrected chi connectivity index (χ4v) is 1.59. The minimum absolute atomic E-state index is 0.0329. The number of aliphatic hydroxyl groups is 1. The maximum atomic E-state index is 12.8. The number of carboxylic acid groups (broad SMARTS) is 1. The zero-order valence-electron chi connectivity index (χ0n) is 11.0. The fraction of sp³-hybridized carbons (Fsp3) is 0.385. The normalized spacial score (nSPS) is 14.1. The Bertz CT molecular complexity index is 581. The van der Waals surface area contributed by atoms with Crippen molar-refractivity contribution in [1.29, 1.82) is 5.26 Å². The summed E-state index contributed by atoms with van der Waals surface area (Å²) < 4.78 is 38.3. The topological polar surface area (TPSA) is 93.4 Å². The van der Waals surface area contributed by atoms with Crippen LogP contribution in [0, 0.1) is 11.3 Å². The van der Waals surface area contributed by atoms with Gasteiger partial charge in [0, 0.05) is 5.69 Å². The quantitative estimate of drug-likeness (QED) is 0.775. The smallest absolute Gasteiger partial charge is 0.417 e. The number of carbonyl (C=O) groups is 1.